The third-order valence-electron chi connectivity index (χ3n) is 3.87. The van der Waals surface area contributed by atoms with Gasteiger partial charge in [-0.3, -0.25) is 4.79 Å². The van der Waals surface area contributed by atoms with Crippen molar-refractivity contribution in [3.8, 4) is 0 Å². The molecule has 1 rings (SSSR count). The summed E-state index contributed by atoms with van der Waals surface area (Å²) in [6.07, 6.45) is 3.64. The average Bonchev–Trinajstić information content (AvgIpc) is 2.30. The maximum atomic E-state index is 11.7. The van der Waals surface area contributed by atoms with Gasteiger partial charge in [0, 0.05) is 6.04 Å². The van der Waals surface area contributed by atoms with Gasteiger partial charge in [-0.2, -0.15) is 0 Å². The molecule has 0 spiro atoms. The van der Waals surface area contributed by atoms with E-state index in [9.17, 15) is 4.79 Å². The van der Waals surface area contributed by atoms with Gasteiger partial charge in [-0.1, -0.05) is 34.6 Å². The van der Waals surface area contributed by atoms with Gasteiger partial charge in [0.25, 0.3) is 0 Å². The molecule has 0 saturated heterocycles. The van der Waals surface area contributed by atoms with Crippen LogP contribution in [0.3, 0.4) is 0 Å². The Hall–Kier alpha value is -0.610. The minimum atomic E-state index is -0.375. The Kier molecular flexibility index (Phi) is 6.46. The number of nitrogens with one attached hydrogen (secondary N) is 1. The minimum absolute atomic E-state index is 0.226. The molecule has 1 saturated carbocycles. The smallest absolute Gasteiger partial charge is 0.325 e. The first-order chi connectivity index (χ1) is 9.23. The topological polar surface area (TPSA) is 47.6 Å². The van der Waals surface area contributed by atoms with Crippen LogP contribution in [0.15, 0.2) is 0 Å². The zero-order valence-corrected chi connectivity index (χ0v) is 13.9. The first-order valence-corrected chi connectivity index (χ1v) is 7.69. The summed E-state index contributed by atoms with van der Waals surface area (Å²) in [6.45, 7) is 11.3. The van der Waals surface area contributed by atoms with Crippen LogP contribution in [0.5, 0.6) is 0 Å². The van der Waals surface area contributed by atoms with Gasteiger partial charge in [-0.15, -0.1) is 0 Å². The number of methoxy groups -OCH3 is 1. The van der Waals surface area contributed by atoms with Gasteiger partial charge in [0.15, 0.2) is 0 Å². The Morgan fingerprint density at radius 3 is 2.50 bits per heavy atom. The van der Waals surface area contributed by atoms with E-state index >= 15 is 0 Å². The van der Waals surface area contributed by atoms with Crippen LogP contribution in [0.25, 0.3) is 0 Å². The standard InChI is InChI=1S/C16H31NO3/c1-11(2)17-14(15(18)19-6)10-20-13-7-12(3)8-16(4,5)9-13/h11-14,17H,7-10H2,1-6H3. The number of rotatable bonds is 6. The van der Waals surface area contributed by atoms with Gasteiger partial charge in [-0.25, -0.2) is 0 Å². The second kappa shape index (κ2) is 7.41. The number of hydrogen-bond donors (Lipinski definition) is 1. The second-order valence-electron chi connectivity index (χ2n) is 7.27. The fourth-order valence-corrected chi connectivity index (χ4v) is 3.35. The lowest BCUT2D eigenvalue weighted by Crippen LogP contribution is -2.46. The number of ether oxygens (including phenoxy) is 2. The maximum absolute atomic E-state index is 11.7. The molecule has 0 radical (unpaired) electrons. The zero-order valence-electron chi connectivity index (χ0n) is 13.9. The van der Waals surface area contributed by atoms with Crippen molar-refractivity contribution >= 4 is 5.97 Å². The molecule has 1 aliphatic rings. The van der Waals surface area contributed by atoms with Crippen LogP contribution in [0.2, 0.25) is 0 Å². The molecule has 0 aliphatic heterocycles. The van der Waals surface area contributed by atoms with Crippen LogP contribution in [0, 0.1) is 11.3 Å². The number of carbonyl (C=O) groups excluding carboxylic acids is 1. The number of carbonyl (C=O) groups is 1. The summed E-state index contributed by atoms with van der Waals surface area (Å²) in [5, 5.41) is 3.20. The van der Waals surface area contributed by atoms with E-state index in [0.29, 0.717) is 17.9 Å². The lowest BCUT2D eigenvalue weighted by molar-refractivity contribution is -0.146. The molecule has 3 unspecified atom stereocenters. The van der Waals surface area contributed by atoms with E-state index in [4.69, 9.17) is 9.47 Å². The SMILES string of the molecule is COC(=O)C(COC1CC(C)CC(C)(C)C1)NC(C)C. The number of hydrogen-bond acceptors (Lipinski definition) is 4. The summed E-state index contributed by atoms with van der Waals surface area (Å²) in [5.74, 6) is 0.431. The highest BCUT2D eigenvalue weighted by Gasteiger charge is 2.33. The van der Waals surface area contributed by atoms with Crippen LogP contribution >= 0.6 is 0 Å². The van der Waals surface area contributed by atoms with Gasteiger partial charge in [0.1, 0.15) is 6.04 Å². The zero-order chi connectivity index (χ0) is 15.3. The minimum Gasteiger partial charge on any atom is -0.468 e. The van der Waals surface area contributed by atoms with Crippen molar-refractivity contribution in [3.63, 3.8) is 0 Å². The molecule has 1 fully saturated rings. The average molecular weight is 285 g/mol. The molecular formula is C16H31NO3. The van der Waals surface area contributed by atoms with E-state index in [1.54, 1.807) is 0 Å². The summed E-state index contributed by atoms with van der Waals surface area (Å²) >= 11 is 0. The van der Waals surface area contributed by atoms with E-state index in [-0.39, 0.29) is 24.2 Å². The van der Waals surface area contributed by atoms with E-state index in [0.717, 1.165) is 12.8 Å². The van der Waals surface area contributed by atoms with Gasteiger partial charge >= 0.3 is 5.97 Å². The van der Waals surface area contributed by atoms with Crippen molar-refractivity contribution in [2.45, 2.75) is 72.1 Å². The van der Waals surface area contributed by atoms with E-state index < -0.39 is 0 Å². The molecule has 0 amide bonds. The molecule has 118 valence electrons. The summed E-state index contributed by atoms with van der Waals surface area (Å²) in [6, 6.07) is -0.148. The van der Waals surface area contributed by atoms with E-state index in [2.05, 4.69) is 26.1 Å². The molecule has 1 N–H and O–H groups in total. The molecule has 4 nitrogen and oxygen atoms in total. The van der Waals surface area contributed by atoms with Crippen molar-refractivity contribution in [1.82, 2.24) is 5.32 Å². The largest absolute Gasteiger partial charge is 0.468 e. The van der Waals surface area contributed by atoms with Crippen LogP contribution in [0.4, 0.5) is 0 Å². The summed E-state index contributed by atoms with van der Waals surface area (Å²) in [7, 11) is 1.42. The monoisotopic (exact) mass is 285 g/mol. The fourth-order valence-electron chi connectivity index (χ4n) is 3.35. The highest BCUT2D eigenvalue weighted by molar-refractivity contribution is 5.75. The molecule has 0 aromatic rings. The van der Waals surface area contributed by atoms with Gasteiger partial charge in [0.2, 0.25) is 0 Å². The third-order valence-corrected chi connectivity index (χ3v) is 3.87. The molecule has 20 heavy (non-hydrogen) atoms. The van der Waals surface area contributed by atoms with Crippen molar-refractivity contribution in [2.75, 3.05) is 13.7 Å². The molecule has 3 atom stereocenters. The predicted molar refractivity (Wildman–Crippen MR) is 80.6 cm³/mol. The summed E-state index contributed by atoms with van der Waals surface area (Å²) < 4.78 is 10.8. The maximum Gasteiger partial charge on any atom is 0.325 e. The van der Waals surface area contributed by atoms with E-state index in [1.165, 1.54) is 13.5 Å². The second-order valence-corrected chi connectivity index (χ2v) is 7.27. The summed E-state index contributed by atoms with van der Waals surface area (Å²) in [4.78, 5) is 11.7. The molecule has 0 aromatic heterocycles. The van der Waals surface area contributed by atoms with Gasteiger partial charge in [-0.05, 0) is 30.6 Å². The van der Waals surface area contributed by atoms with Gasteiger partial charge < -0.3 is 14.8 Å². The highest BCUT2D eigenvalue weighted by Crippen LogP contribution is 2.39. The molecular weight excluding hydrogens is 254 g/mol. The first kappa shape index (κ1) is 17.4. The van der Waals surface area contributed by atoms with Crippen molar-refractivity contribution in [1.29, 1.82) is 0 Å². The lowest BCUT2D eigenvalue weighted by Gasteiger charge is -2.39. The fraction of sp³-hybridized carbons (Fsp3) is 0.938. The van der Waals surface area contributed by atoms with Crippen LogP contribution in [-0.2, 0) is 14.3 Å². The Labute approximate surface area is 123 Å². The third kappa shape index (κ3) is 5.80. The van der Waals surface area contributed by atoms with E-state index in [1.807, 2.05) is 13.8 Å². The van der Waals surface area contributed by atoms with Crippen molar-refractivity contribution < 1.29 is 14.3 Å². The molecule has 0 aromatic carbocycles. The molecule has 0 bridgehead atoms. The van der Waals surface area contributed by atoms with Crippen molar-refractivity contribution in [3.05, 3.63) is 0 Å². The Morgan fingerprint density at radius 2 is 2.00 bits per heavy atom. The quantitative estimate of drug-likeness (QED) is 0.762. The van der Waals surface area contributed by atoms with Crippen LogP contribution < -0.4 is 5.32 Å². The van der Waals surface area contributed by atoms with Crippen molar-refractivity contribution in [2.24, 2.45) is 11.3 Å². The molecule has 4 heteroatoms. The Morgan fingerprint density at radius 1 is 1.35 bits per heavy atom. The normalized spacial score (nSPS) is 27.4. The Bertz CT molecular complexity index is 315. The number of esters is 1. The first-order valence-electron chi connectivity index (χ1n) is 7.69. The summed E-state index contributed by atoms with van der Waals surface area (Å²) in [5.41, 5.74) is 0.328. The van der Waals surface area contributed by atoms with Gasteiger partial charge in [0.05, 0.1) is 19.8 Å². The predicted octanol–water partition coefficient (Wildman–Crippen LogP) is 2.76. The molecule has 1 aliphatic carbocycles. The lowest BCUT2D eigenvalue weighted by atomic mass is 9.71. The van der Waals surface area contributed by atoms with Crippen LogP contribution in [-0.4, -0.2) is 37.9 Å². The van der Waals surface area contributed by atoms with Crippen LogP contribution in [0.1, 0.15) is 53.9 Å². The highest BCUT2D eigenvalue weighted by atomic mass is 16.5. The Balaban J connectivity index is 2.51. The molecule has 0 heterocycles.